The summed E-state index contributed by atoms with van der Waals surface area (Å²) in [6, 6.07) is 7.31. The lowest BCUT2D eigenvalue weighted by molar-refractivity contribution is -0.211. The zero-order valence-electron chi connectivity index (χ0n) is 21.0. The van der Waals surface area contributed by atoms with Crippen LogP contribution in [-0.4, -0.2) is 57.4 Å². The Morgan fingerprint density at radius 3 is 2.42 bits per heavy atom. The minimum atomic E-state index is -4.70. The van der Waals surface area contributed by atoms with Crippen LogP contribution in [0.2, 0.25) is 5.02 Å². The summed E-state index contributed by atoms with van der Waals surface area (Å²) in [6.07, 6.45) is -1.54. The van der Waals surface area contributed by atoms with Crippen molar-refractivity contribution >= 4 is 17.5 Å². The van der Waals surface area contributed by atoms with Gasteiger partial charge in [0.05, 0.1) is 11.6 Å². The van der Waals surface area contributed by atoms with Gasteiger partial charge in [-0.15, -0.1) is 0 Å². The summed E-state index contributed by atoms with van der Waals surface area (Å²) < 4.78 is 50.0. The van der Waals surface area contributed by atoms with Crippen molar-refractivity contribution < 1.29 is 32.5 Å². The quantitative estimate of drug-likeness (QED) is 0.319. The number of nitrogens with zero attached hydrogens (tertiary/aromatic N) is 4. The van der Waals surface area contributed by atoms with Crippen LogP contribution in [0.5, 0.6) is 11.9 Å². The number of nitrogens with one attached hydrogen (secondary N) is 1. The van der Waals surface area contributed by atoms with Gasteiger partial charge in [-0.3, -0.25) is 4.79 Å². The number of hydrogen-bond acceptors (Lipinski definition) is 8. The molecule has 0 aliphatic rings. The fraction of sp³-hybridized carbons (Fsp3) is 0.400. The molecule has 0 fully saturated rings. The molecule has 0 aliphatic carbocycles. The molecule has 0 saturated heterocycles. The molecule has 3 rings (SSSR count). The van der Waals surface area contributed by atoms with Crippen LogP contribution < -0.4 is 10.1 Å². The molecule has 38 heavy (non-hydrogen) atoms. The number of ether oxygens (including phenoxy) is 2. The molecular weight excluding hydrogens is 527 g/mol. The van der Waals surface area contributed by atoms with E-state index >= 15 is 0 Å². The zero-order valence-corrected chi connectivity index (χ0v) is 21.7. The fourth-order valence-electron chi connectivity index (χ4n) is 3.12. The van der Waals surface area contributed by atoms with Gasteiger partial charge in [0.1, 0.15) is 5.41 Å². The zero-order chi connectivity index (χ0) is 27.9. The maximum Gasteiger partial charge on any atom is 0.402 e. The summed E-state index contributed by atoms with van der Waals surface area (Å²) in [4.78, 5) is 28.6. The highest BCUT2D eigenvalue weighted by Crippen LogP contribution is 2.37. The van der Waals surface area contributed by atoms with E-state index in [4.69, 9.17) is 21.1 Å². The molecule has 1 aromatic carbocycles. The Bertz CT molecular complexity index is 1260. The lowest BCUT2D eigenvalue weighted by Gasteiger charge is -2.26. The third-order valence-corrected chi connectivity index (χ3v) is 5.94. The van der Waals surface area contributed by atoms with Crippen molar-refractivity contribution in [3.63, 3.8) is 0 Å². The Morgan fingerprint density at radius 1 is 1.05 bits per heavy atom. The number of alkyl halides is 3. The monoisotopic (exact) mass is 553 g/mol. The van der Waals surface area contributed by atoms with E-state index in [1.54, 1.807) is 25.3 Å². The molecule has 9 nitrogen and oxygen atoms in total. The Balaban J connectivity index is 1.77. The summed E-state index contributed by atoms with van der Waals surface area (Å²) in [5.74, 6) is -0.610. The van der Waals surface area contributed by atoms with Crippen LogP contribution in [0.1, 0.15) is 32.3 Å². The molecule has 0 unspecified atom stereocenters. The van der Waals surface area contributed by atoms with Crippen LogP contribution in [0.15, 0.2) is 36.5 Å². The number of aromatic nitrogens is 4. The molecule has 13 heteroatoms. The first kappa shape index (κ1) is 29.1. The number of aromatic hydroxyl groups is 1. The molecular formula is C25H27ClF3N5O4. The van der Waals surface area contributed by atoms with E-state index in [2.05, 4.69) is 25.3 Å². The van der Waals surface area contributed by atoms with Crippen molar-refractivity contribution in [3.8, 4) is 34.7 Å². The number of halogens is 4. The van der Waals surface area contributed by atoms with E-state index in [1.165, 1.54) is 18.3 Å². The molecule has 0 aliphatic heterocycles. The van der Waals surface area contributed by atoms with E-state index in [0.29, 0.717) is 30.2 Å². The highest BCUT2D eigenvalue weighted by atomic mass is 35.5. The predicted molar refractivity (Wildman–Crippen MR) is 133 cm³/mol. The SMILES string of the molecule is COCCCCOc1ccc(-c2nc(O)nc(-c3cc(CNC(=O)C(C)(C)C(F)(F)F)ccc3Cl)n2)cn1. The van der Waals surface area contributed by atoms with Crippen LogP contribution in [0, 0.1) is 5.41 Å². The first-order valence-corrected chi connectivity index (χ1v) is 12.0. The Morgan fingerprint density at radius 2 is 1.76 bits per heavy atom. The average molecular weight is 554 g/mol. The smallest absolute Gasteiger partial charge is 0.402 e. The molecule has 204 valence electrons. The maximum atomic E-state index is 13.1. The second-order valence-electron chi connectivity index (χ2n) is 8.84. The molecule has 0 spiro atoms. The lowest BCUT2D eigenvalue weighted by atomic mass is 9.91. The largest absolute Gasteiger partial charge is 0.479 e. The summed E-state index contributed by atoms with van der Waals surface area (Å²) in [7, 11) is 1.64. The van der Waals surface area contributed by atoms with Crippen molar-refractivity contribution in [2.24, 2.45) is 5.41 Å². The van der Waals surface area contributed by atoms with Crippen molar-refractivity contribution in [1.82, 2.24) is 25.3 Å². The highest BCUT2D eigenvalue weighted by molar-refractivity contribution is 6.33. The van der Waals surface area contributed by atoms with Gasteiger partial charge in [0.25, 0.3) is 0 Å². The van der Waals surface area contributed by atoms with E-state index in [0.717, 1.165) is 26.7 Å². The van der Waals surface area contributed by atoms with Gasteiger partial charge in [0.15, 0.2) is 11.6 Å². The van der Waals surface area contributed by atoms with Crippen molar-refractivity contribution in [2.75, 3.05) is 20.3 Å². The first-order valence-electron chi connectivity index (χ1n) is 11.6. The van der Waals surface area contributed by atoms with Crippen LogP contribution in [0.4, 0.5) is 13.2 Å². The van der Waals surface area contributed by atoms with Gasteiger partial charge in [-0.2, -0.15) is 23.1 Å². The number of pyridine rings is 1. The molecule has 3 aromatic rings. The number of rotatable bonds is 11. The fourth-order valence-corrected chi connectivity index (χ4v) is 3.33. The standard InChI is InChI=1S/C25H27ClF3N5O4/c1-24(2,25(27,28)29)22(35)31-13-15-6-8-18(26)17(12-15)21-32-20(33-23(36)34-21)16-7-9-19(30-14-16)38-11-5-4-10-37-3/h6-9,12,14H,4-5,10-11,13H2,1-3H3,(H,31,35)(H,32,33,34,36). The molecule has 0 radical (unpaired) electrons. The Kier molecular flexibility index (Phi) is 9.45. The Labute approximate surface area is 222 Å². The number of methoxy groups -OCH3 is 1. The minimum absolute atomic E-state index is 0.0276. The number of hydrogen-bond donors (Lipinski definition) is 2. The van der Waals surface area contributed by atoms with Crippen molar-refractivity contribution in [1.29, 1.82) is 0 Å². The number of benzene rings is 1. The topological polar surface area (TPSA) is 119 Å². The van der Waals surface area contributed by atoms with Crippen molar-refractivity contribution in [3.05, 3.63) is 47.1 Å². The molecule has 2 aromatic heterocycles. The van der Waals surface area contributed by atoms with Gasteiger partial charge in [-0.25, -0.2) is 9.97 Å². The summed E-state index contributed by atoms with van der Waals surface area (Å²) in [5.41, 5.74) is -1.35. The van der Waals surface area contributed by atoms with Gasteiger partial charge in [0.2, 0.25) is 11.8 Å². The molecule has 0 atom stereocenters. The third-order valence-electron chi connectivity index (χ3n) is 5.61. The van der Waals surface area contributed by atoms with E-state index < -0.39 is 23.5 Å². The summed E-state index contributed by atoms with van der Waals surface area (Å²) in [6.45, 7) is 2.56. The van der Waals surface area contributed by atoms with E-state index in [9.17, 15) is 23.1 Å². The van der Waals surface area contributed by atoms with Gasteiger partial charge < -0.3 is 19.9 Å². The normalized spacial score (nSPS) is 11.9. The van der Waals surface area contributed by atoms with Gasteiger partial charge in [-0.05, 0) is 50.5 Å². The second-order valence-corrected chi connectivity index (χ2v) is 9.24. The van der Waals surface area contributed by atoms with E-state index in [1.807, 2.05) is 0 Å². The minimum Gasteiger partial charge on any atom is -0.479 e. The first-order chi connectivity index (χ1) is 17.9. The Hall–Kier alpha value is -3.51. The highest BCUT2D eigenvalue weighted by Gasteiger charge is 2.52. The van der Waals surface area contributed by atoms with Gasteiger partial charge >= 0.3 is 12.2 Å². The third kappa shape index (κ3) is 7.29. The predicted octanol–water partition coefficient (Wildman–Crippen LogP) is 4.97. The van der Waals surface area contributed by atoms with E-state index in [-0.39, 0.29) is 28.8 Å². The number of amides is 1. The summed E-state index contributed by atoms with van der Waals surface area (Å²) in [5, 5.41) is 12.7. The summed E-state index contributed by atoms with van der Waals surface area (Å²) >= 11 is 6.32. The van der Waals surface area contributed by atoms with Gasteiger partial charge in [-0.1, -0.05) is 17.7 Å². The van der Waals surface area contributed by atoms with Crippen molar-refractivity contribution in [2.45, 2.75) is 39.4 Å². The number of carbonyl (C=O) groups excluding carboxylic acids is 1. The lowest BCUT2D eigenvalue weighted by Crippen LogP contribution is -2.46. The second kappa shape index (κ2) is 12.4. The number of unbranched alkanes of at least 4 members (excludes halogenated alkanes) is 1. The molecule has 2 heterocycles. The average Bonchev–Trinajstić information content (AvgIpc) is 2.87. The molecule has 1 amide bonds. The van der Waals surface area contributed by atoms with Gasteiger partial charge in [0, 0.05) is 43.7 Å². The van der Waals surface area contributed by atoms with Crippen LogP contribution in [0.25, 0.3) is 22.8 Å². The molecule has 0 bridgehead atoms. The van der Waals surface area contributed by atoms with Crippen LogP contribution in [-0.2, 0) is 16.1 Å². The van der Waals surface area contributed by atoms with Crippen LogP contribution >= 0.6 is 11.6 Å². The van der Waals surface area contributed by atoms with Crippen LogP contribution in [0.3, 0.4) is 0 Å². The molecule has 2 N–H and O–H groups in total. The number of carbonyl (C=O) groups is 1. The maximum absolute atomic E-state index is 13.1. The molecule has 0 saturated carbocycles.